The highest BCUT2D eigenvalue weighted by Gasteiger charge is 2.40. The maximum absolute atomic E-state index is 5.88. The van der Waals surface area contributed by atoms with Gasteiger partial charge in [0.15, 0.2) is 0 Å². The van der Waals surface area contributed by atoms with Gasteiger partial charge in [-0.3, -0.25) is 0 Å². The Morgan fingerprint density at radius 3 is 3.19 bits per heavy atom. The molecule has 3 atom stereocenters. The molecule has 2 aliphatic heterocycles. The monoisotopic (exact) mass is 235 g/mol. The molecule has 2 nitrogen and oxygen atoms in total. The number of benzene rings is 1. The molecule has 0 aliphatic carbocycles. The van der Waals surface area contributed by atoms with Crippen LogP contribution in [0.15, 0.2) is 29.2 Å². The molecule has 3 unspecified atom stereocenters. The lowest BCUT2D eigenvalue weighted by Crippen LogP contribution is -2.41. The van der Waals surface area contributed by atoms with E-state index in [0.717, 1.165) is 13.2 Å². The molecule has 0 aromatic heterocycles. The molecule has 0 radical (unpaired) electrons. The summed E-state index contributed by atoms with van der Waals surface area (Å²) in [5, 5.41) is 3.85. The number of hydrogen-bond donors (Lipinski definition) is 1. The van der Waals surface area contributed by atoms with Gasteiger partial charge in [-0.15, -0.1) is 11.8 Å². The van der Waals surface area contributed by atoms with Crippen molar-refractivity contribution in [3.63, 3.8) is 0 Å². The fourth-order valence-electron chi connectivity index (χ4n) is 2.77. The first-order valence-corrected chi connectivity index (χ1v) is 6.80. The summed E-state index contributed by atoms with van der Waals surface area (Å²) in [7, 11) is 2.00. The lowest BCUT2D eigenvalue weighted by atomic mass is 9.88. The van der Waals surface area contributed by atoms with E-state index in [1.807, 2.05) is 18.8 Å². The van der Waals surface area contributed by atoms with Crippen LogP contribution in [0.2, 0.25) is 0 Å². The maximum atomic E-state index is 5.88. The van der Waals surface area contributed by atoms with Crippen LogP contribution >= 0.6 is 11.8 Å². The van der Waals surface area contributed by atoms with Gasteiger partial charge in [0.1, 0.15) is 0 Å². The standard InChI is InChI=1S/C13H17NOS/c1-14-8-11-13-10(6-7-15-11)9-4-2-3-5-12(9)16-13/h2-5,10-11,13-14H,6-8H2,1H3. The van der Waals surface area contributed by atoms with E-state index in [0.29, 0.717) is 17.3 Å². The molecule has 1 aromatic carbocycles. The van der Waals surface area contributed by atoms with Gasteiger partial charge in [-0.1, -0.05) is 18.2 Å². The molecule has 0 saturated carbocycles. The molecule has 1 fully saturated rings. The topological polar surface area (TPSA) is 21.3 Å². The fraction of sp³-hybridized carbons (Fsp3) is 0.538. The van der Waals surface area contributed by atoms with E-state index in [1.54, 1.807) is 5.56 Å². The molecule has 1 N–H and O–H groups in total. The Hall–Kier alpha value is -0.510. The molecule has 3 heteroatoms. The van der Waals surface area contributed by atoms with Gasteiger partial charge in [0, 0.05) is 29.2 Å². The third-order valence-corrected chi connectivity index (χ3v) is 5.04. The molecule has 2 aliphatic rings. The van der Waals surface area contributed by atoms with Crippen LogP contribution in [0, 0.1) is 0 Å². The van der Waals surface area contributed by atoms with Crippen molar-refractivity contribution in [3.8, 4) is 0 Å². The van der Waals surface area contributed by atoms with Crippen molar-refractivity contribution in [2.45, 2.75) is 28.6 Å². The van der Waals surface area contributed by atoms with Gasteiger partial charge in [-0.25, -0.2) is 0 Å². The minimum atomic E-state index is 0.362. The second-order valence-electron chi connectivity index (χ2n) is 4.48. The van der Waals surface area contributed by atoms with Gasteiger partial charge in [-0.05, 0) is 25.1 Å². The SMILES string of the molecule is CNCC1OCCC2c3ccccc3SC12. The van der Waals surface area contributed by atoms with Gasteiger partial charge in [0.25, 0.3) is 0 Å². The summed E-state index contributed by atoms with van der Waals surface area (Å²) in [6, 6.07) is 8.82. The summed E-state index contributed by atoms with van der Waals surface area (Å²) in [6.07, 6.45) is 1.54. The Balaban J connectivity index is 1.88. The highest BCUT2D eigenvalue weighted by Crippen LogP contribution is 2.50. The Bertz CT molecular complexity index is 380. The van der Waals surface area contributed by atoms with Crippen LogP contribution in [0.5, 0.6) is 0 Å². The van der Waals surface area contributed by atoms with Crippen molar-refractivity contribution >= 4 is 11.8 Å². The Kier molecular flexibility index (Phi) is 2.92. The first kappa shape index (κ1) is 10.6. The molecule has 86 valence electrons. The Labute approximate surface area is 101 Å². The van der Waals surface area contributed by atoms with Gasteiger partial charge in [-0.2, -0.15) is 0 Å². The van der Waals surface area contributed by atoms with Crippen molar-refractivity contribution in [2.24, 2.45) is 0 Å². The number of nitrogens with one attached hydrogen (secondary N) is 1. The Morgan fingerprint density at radius 1 is 1.44 bits per heavy atom. The van der Waals surface area contributed by atoms with Gasteiger partial charge in [0.05, 0.1) is 6.10 Å². The number of likely N-dealkylation sites (N-methyl/N-ethyl adjacent to an activating group) is 1. The molecule has 0 bridgehead atoms. The summed E-state index contributed by atoms with van der Waals surface area (Å²) in [4.78, 5) is 1.46. The van der Waals surface area contributed by atoms with Crippen LogP contribution in [0.25, 0.3) is 0 Å². The van der Waals surface area contributed by atoms with E-state index in [9.17, 15) is 0 Å². The van der Waals surface area contributed by atoms with Gasteiger partial charge < -0.3 is 10.1 Å². The minimum Gasteiger partial charge on any atom is -0.376 e. The van der Waals surface area contributed by atoms with Crippen LogP contribution in [0.1, 0.15) is 17.9 Å². The molecule has 3 rings (SSSR count). The molecule has 2 heterocycles. The number of rotatable bonds is 2. The zero-order valence-electron chi connectivity index (χ0n) is 9.48. The van der Waals surface area contributed by atoms with Gasteiger partial charge in [0.2, 0.25) is 0 Å². The number of fused-ring (bicyclic) bond motifs is 3. The van der Waals surface area contributed by atoms with E-state index in [1.165, 1.54) is 11.3 Å². The smallest absolute Gasteiger partial charge is 0.0827 e. The van der Waals surface area contributed by atoms with Crippen molar-refractivity contribution in [3.05, 3.63) is 29.8 Å². The molecular weight excluding hydrogens is 218 g/mol. The van der Waals surface area contributed by atoms with E-state index in [2.05, 4.69) is 29.6 Å². The summed E-state index contributed by atoms with van der Waals surface area (Å²) >= 11 is 2.00. The highest BCUT2D eigenvalue weighted by molar-refractivity contribution is 8.00. The Morgan fingerprint density at radius 2 is 2.31 bits per heavy atom. The predicted molar refractivity (Wildman–Crippen MR) is 67.1 cm³/mol. The van der Waals surface area contributed by atoms with E-state index in [-0.39, 0.29) is 0 Å². The second kappa shape index (κ2) is 4.40. The number of ether oxygens (including phenoxy) is 1. The first-order chi connectivity index (χ1) is 7.90. The van der Waals surface area contributed by atoms with E-state index in [4.69, 9.17) is 4.74 Å². The van der Waals surface area contributed by atoms with Gasteiger partial charge >= 0.3 is 0 Å². The third-order valence-electron chi connectivity index (χ3n) is 3.51. The molecule has 16 heavy (non-hydrogen) atoms. The number of hydrogen-bond acceptors (Lipinski definition) is 3. The van der Waals surface area contributed by atoms with Crippen LogP contribution in [-0.2, 0) is 4.74 Å². The zero-order chi connectivity index (χ0) is 11.0. The summed E-state index contributed by atoms with van der Waals surface area (Å²) < 4.78 is 5.88. The van der Waals surface area contributed by atoms with Crippen LogP contribution in [0.4, 0.5) is 0 Å². The molecule has 0 amide bonds. The molecule has 0 spiro atoms. The second-order valence-corrected chi connectivity index (χ2v) is 5.70. The minimum absolute atomic E-state index is 0.362. The summed E-state index contributed by atoms with van der Waals surface area (Å²) in [5.41, 5.74) is 1.54. The number of thioether (sulfide) groups is 1. The lowest BCUT2D eigenvalue weighted by Gasteiger charge is -2.33. The van der Waals surface area contributed by atoms with E-state index >= 15 is 0 Å². The van der Waals surface area contributed by atoms with Crippen molar-refractivity contribution < 1.29 is 4.74 Å². The highest BCUT2D eigenvalue weighted by atomic mass is 32.2. The average Bonchev–Trinajstić information content (AvgIpc) is 2.69. The normalized spacial score (nSPS) is 32.2. The quantitative estimate of drug-likeness (QED) is 0.849. The third kappa shape index (κ3) is 1.67. The van der Waals surface area contributed by atoms with E-state index < -0.39 is 0 Å². The van der Waals surface area contributed by atoms with Crippen LogP contribution < -0.4 is 5.32 Å². The lowest BCUT2D eigenvalue weighted by molar-refractivity contribution is 0.0152. The molecular formula is C13H17NOS. The molecule has 1 aromatic rings. The maximum Gasteiger partial charge on any atom is 0.0827 e. The van der Waals surface area contributed by atoms with Crippen molar-refractivity contribution in [1.82, 2.24) is 5.32 Å². The first-order valence-electron chi connectivity index (χ1n) is 5.92. The van der Waals surface area contributed by atoms with Crippen LogP contribution in [-0.4, -0.2) is 31.6 Å². The summed E-state index contributed by atoms with van der Waals surface area (Å²) in [6.45, 7) is 1.87. The summed E-state index contributed by atoms with van der Waals surface area (Å²) in [5.74, 6) is 0.702. The van der Waals surface area contributed by atoms with Crippen molar-refractivity contribution in [1.29, 1.82) is 0 Å². The zero-order valence-corrected chi connectivity index (χ0v) is 10.3. The predicted octanol–water partition coefficient (Wildman–Crippen LogP) is 2.25. The average molecular weight is 235 g/mol. The fourth-order valence-corrected chi connectivity index (χ4v) is 4.35. The van der Waals surface area contributed by atoms with Crippen molar-refractivity contribution in [2.75, 3.05) is 20.2 Å². The largest absolute Gasteiger partial charge is 0.376 e. The van der Waals surface area contributed by atoms with Crippen LogP contribution in [0.3, 0.4) is 0 Å². The molecule has 1 saturated heterocycles.